The summed E-state index contributed by atoms with van der Waals surface area (Å²) in [4.78, 5) is 16.7. The number of ether oxygens (including phenoxy) is 1. The fourth-order valence-corrected chi connectivity index (χ4v) is 2.65. The van der Waals surface area contributed by atoms with Gasteiger partial charge in [-0.25, -0.2) is 9.18 Å². The van der Waals surface area contributed by atoms with E-state index in [2.05, 4.69) is 15.5 Å². The Morgan fingerprint density at radius 1 is 1.07 bits per heavy atom. The van der Waals surface area contributed by atoms with Crippen LogP contribution < -0.4 is 5.32 Å². The second kappa shape index (κ2) is 8.39. The molecule has 2 aromatic heterocycles. The standard InChI is InChI=1S/C21H16FN3O4/c22-15-9-7-14(8-10-15)20-24-19(29-25-20)13-28-21(26)17-5-1-2-6-18(17)23-12-16-4-3-11-27-16/h1-11,23H,12-13H2. The predicted octanol–water partition coefficient (Wildman–Crippen LogP) is 4.44. The number of furan rings is 1. The molecule has 0 saturated carbocycles. The summed E-state index contributed by atoms with van der Waals surface area (Å²) in [6.07, 6.45) is 1.59. The summed E-state index contributed by atoms with van der Waals surface area (Å²) in [5, 5.41) is 6.97. The van der Waals surface area contributed by atoms with Gasteiger partial charge in [0.25, 0.3) is 5.89 Å². The average Bonchev–Trinajstić information content (AvgIpc) is 3.43. The number of nitrogens with one attached hydrogen (secondary N) is 1. The minimum Gasteiger partial charge on any atom is -0.467 e. The van der Waals surface area contributed by atoms with Crippen molar-refractivity contribution in [1.82, 2.24) is 10.1 Å². The molecule has 7 nitrogen and oxygen atoms in total. The van der Waals surface area contributed by atoms with Crippen LogP contribution in [-0.2, 0) is 17.9 Å². The van der Waals surface area contributed by atoms with Gasteiger partial charge in [-0.1, -0.05) is 17.3 Å². The second-order valence-corrected chi connectivity index (χ2v) is 6.07. The molecule has 0 bridgehead atoms. The van der Waals surface area contributed by atoms with Crippen LogP contribution >= 0.6 is 0 Å². The number of halogens is 1. The monoisotopic (exact) mass is 393 g/mol. The Labute approximate surface area is 165 Å². The minimum absolute atomic E-state index is 0.138. The van der Waals surface area contributed by atoms with E-state index < -0.39 is 5.97 Å². The Hall–Kier alpha value is -3.94. The fraction of sp³-hybridized carbons (Fsp3) is 0.0952. The number of hydrogen-bond donors (Lipinski definition) is 1. The molecule has 2 heterocycles. The molecule has 146 valence electrons. The SMILES string of the molecule is O=C(OCc1nc(-c2ccc(F)cc2)no1)c1ccccc1NCc1ccco1. The molecule has 4 rings (SSSR count). The molecule has 0 aliphatic carbocycles. The Kier molecular flexibility index (Phi) is 5.33. The number of hydrogen-bond acceptors (Lipinski definition) is 7. The topological polar surface area (TPSA) is 90.4 Å². The Balaban J connectivity index is 1.39. The van der Waals surface area contributed by atoms with Crippen LogP contribution in [0.4, 0.5) is 10.1 Å². The molecule has 0 spiro atoms. The molecule has 0 atom stereocenters. The van der Waals surface area contributed by atoms with Crippen LogP contribution in [0.3, 0.4) is 0 Å². The number of para-hydroxylation sites is 1. The molecule has 0 fully saturated rings. The van der Waals surface area contributed by atoms with Crippen molar-refractivity contribution in [2.24, 2.45) is 0 Å². The number of carbonyl (C=O) groups excluding carboxylic acids is 1. The zero-order valence-electron chi connectivity index (χ0n) is 15.2. The Bertz CT molecular complexity index is 1090. The average molecular weight is 393 g/mol. The van der Waals surface area contributed by atoms with E-state index in [0.717, 1.165) is 5.76 Å². The third kappa shape index (κ3) is 4.49. The molecule has 2 aromatic carbocycles. The first kappa shape index (κ1) is 18.4. The lowest BCUT2D eigenvalue weighted by molar-refractivity contribution is 0.0431. The van der Waals surface area contributed by atoms with E-state index in [1.54, 1.807) is 30.5 Å². The smallest absolute Gasteiger partial charge is 0.340 e. The molecule has 0 saturated heterocycles. The highest BCUT2D eigenvalue weighted by Gasteiger charge is 2.15. The number of anilines is 1. The maximum atomic E-state index is 13.0. The summed E-state index contributed by atoms with van der Waals surface area (Å²) in [7, 11) is 0. The molecule has 8 heteroatoms. The van der Waals surface area contributed by atoms with Crippen LogP contribution in [0.5, 0.6) is 0 Å². The van der Waals surface area contributed by atoms with Crippen molar-refractivity contribution in [1.29, 1.82) is 0 Å². The van der Waals surface area contributed by atoms with Crippen molar-refractivity contribution in [3.8, 4) is 11.4 Å². The van der Waals surface area contributed by atoms with Crippen molar-refractivity contribution in [2.45, 2.75) is 13.2 Å². The summed E-state index contributed by atoms with van der Waals surface area (Å²) < 4.78 is 28.7. The van der Waals surface area contributed by atoms with Gasteiger partial charge in [-0.15, -0.1) is 0 Å². The van der Waals surface area contributed by atoms with Crippen LogP contribution in [0, 0.1) is 5.82 Å². The van der Waals surface area contributed by atoms with E-state index in [1.165, 1.54) is 24.3 Å². The number of carbonyl (C=O) groups is 1. The van der Waals surface area contributed by atoms with Gasteiger partial charge in [0.2, 0.25) is 5.82 Å². The third-order valence-corrected chi connectivity index (χ3v) is 4.08. The minimum atomic E-state index is -0.533. The number of aromatic nitrogens is 2. The van der Waals surface area contributed by atoms with E-state index in [-0.39, 0.29) is 24.1 Å². The molecular weight excluding hydrogens is 377 g/mol. The van der Waals surface area contributed by atoms with Crippen molar-refractivity contribution < 1.29 is 22.9 Å². The normalized spacial score (nSPS) is 10.7. The highest BCUT2D eigenvalue weighted by Crippen LogP contribution is 2.19. The highest BCUT2D eigenvalue weighted by molar-refractivity contribution is 5.95. The summed E-state index contributed by atoms with van der Waals surface area (Å²) in [5.74, 6) is 0.280. The molecule has 0 aliphatic rings. The zero-order valence-corrected chi connectivity index (χ0v) is 15.2. The van der Waals surface area contributed by atoms with Crippen LogP contribution in [0.25, 0.3) is 11.4 Å². The van der Waals surface area contributed by atoms with E-state index in [1.807, 2.05) is 12.1 Å². The summed E-state index contributed by atoms with van der Waals surface area (Å²) >= 11 is 0. The molecule has 0 radical (unpaired) electrons. The van der Waals surface area contributed by atoms with Gasteiger partial charge in [-0.3, -0.25) is 0 Å². The molecule has 0 aliphatic heterocycles. The van der Waals surface area contributed by atoms with Gasteiger partial charge >= 0.3 is 5.97 Å². The number of benzene rings is 2. The lowest BCUT2D eigenvalue weighted by Crippen LogP contribution is -2.10. The molecule has 0 unspecified atom stereocenters. The van der Waals surface area contributed by atoms with Gasteiger partial charge in [0, 0.05) is 11.3 Å². The quantitative estimate of drug-likeness (QED) is 0.464. The number of rotatable bonds is 7. The molecular formula is C21H16FN3O4. The largest absolute Gasteiger partial charge is 0.467 e. The molecule has 1 N–H and O–H groups in total. The maximum Gasteiger partial charge on any atom is 0.340 e. The van der Waals surface area contributed by atoms with E-state index >= 15 is 0 Å². The first-order valence-corrected chi connectivity index (χ1v) is 8.80. The van der Waals surface area contributed by atoms with Crippen LogP contribution in [0.2, 0.25) is 0 Å². The van der Waals surface area contributed by atoms with Crippen LogP contribution in [-0.4, -0.2) is 16.1 Å². The molecule has 29 heavy (non-hydrogen) atoms. The zero-order chi connectivity index (χ0) is 20.1. The summed E-state index contributed by atoms with van der Waals surface area (Å²) in [6.45, 7) is 0.252. The van der Waals surface area contributed by atoms with Crippen molar-refractivity contribution in [2.75, 3.05) is 5.32 Å². The number of esters is 1. The highest BCUT2D eigenvalue weighted by atomic mass is 19.1. The lowest BCUT2D eigenvalue weighted by Gasteiger charge is -2.10. The lowest BCUT2D eigenvalue weighted by atomic mass is 10.2. The second-order valence-electron chi connectivity index (χ2n) is 6.07. The van der Waals surface area contributed by atoms with Crippen molar-refractivity contribution in [3.63, 3.8) is 0 Å². The van der Waals surface area contributed by atoms with Crippen LogP contribution in [0.1, 0.15) is 22.0 Å². The fourth-order valence-electron chi connectivity index (χ4n) is 2.65. The van der Waals surface area contributed by atoms with E-state index in [4.69, 9.17) is 13.7 Å². The maximum absolute atomic E-state index is 13.0. The van der Waals surface area contributed by atoms with Gasteiger partial charge in [-0.2, -0.15) is 4.98 Å². The van der Waals surface area contributed by atoms with E-state index in [9.17, 15) is 9.18 Å². The molecule has 4 aromatic rings. The van der Waals surface area contributed by atoms with Gasteiger partial charge in [0.1, 0.15) is 11.6 Å². The van der Waals surface area contributed by atoms with Gasteiger partial charge in [0.15, 0.2) is 6.61 Å². The van der Waals surface area contributed by atoms with Crippen molar-refractivity contribution >= 4 is 11.7 Å². The predicted molar refractivity (Wildman–Crippen MR) is 101 cm³/mol. The van der Waals surface area contributed by atoms with E-state index in [0.29, 0.717) is 23.4 Å². The number of nitrogens with zero attached hydrogens (tertiary/aromatic N) is 2. The van der Waals surface area contributed by atoms with Gasteiger partial charge < -0.3 is 19.0 Å². The summed E-state index contributed by atoms with van der Waals surface area (Å²) in [6, 6.07) is 16.3. The van der Waals surface area contributed by atoms with Crippen molar-refractivity contribution in [3.05, 3.63) is 90.0 Å². The Morgan fingerprint density at radius 3 is 2.69 bits per heavy atom. The van der Waals surface area contributed by atoms with Gasteiger partial charge in [-0.05, 0) is 48.5 Å². The first-order valence-electron chi connectivity index (χ1n) is 8.80. The third-order valence-electron chi connectivity index (χ3n) is 4.08. The summed E-state index contributed by atoms with van der Waals surface area (Å²) in [5.41, 5.74) is 1.59. The Morgan fingerprint density at radius 2 is 1.90 bits per heavy atom. The molecule has 0 amide bonds. The van der Waals surface area contributed by atoms with Crippen LogP contribution in [0.15, 0.2) is 75.9 Å². The van der Waals surface area contributed by atoms with Gasteiger partial charge in [0.05, 0.1) is 18.4 Å². The first-order chi connectivity index (χ1) is 14.2.